The van der Waals surface area contributed by atoms with Gasteiger partial charge in [-0.25, -0.2) is 4.79 Å². The van der Waals surface area contributed by atoms with E-state index >= 15 is 0 Å². The van der Waals surface area contributed by atoms with E-state index < -0.39 is 0 Å². The average molecular weight is 268 g/mol. The number of carbonyl (C=O) groups excluding carboxylic acids is 1. The molecular weight excluding hydrogens is 250 g/mol. The second kappa shape index (κ2) is 7.01. The van der Waals surface area contributed by atoms with Crippen LogP contribution >= 0.6 is 11.6 Å². The van der Waals surface area contributed by atoms with Gasteiger partial charge in [0.2, 0.25) is 0 Å². The molecule has 2 N–H and O–H groups in total. The van der Waals surface area contributed by atoms with Crippen LogP contribution in [0.25, 0.3) is 0 Å². The second-order valence-electron chi connectivity index (χ2n) is 4.05. The summed E-state index contributed by atoms with van der Waals surface area (Å²) in [6.07, 6.45) is 2.51. The summed E-state index contributed by atoms with van der Waals surface area (Å²) in [6.45, 7) is 2.05. The number of nitrogens with one attached hydrogen (secondary N) is 2. The quantitative estimate of drug-likeness (QED) is 0.635. The number of urea groups is 1. The summed E-state index contributed by atoms with van der Waals surface area (Å²) >= 11 is 5.78. The van der Waals surface area contributed by atoms with Crippen molar-refractivity contribution in [2.24, 2.45) is 0 Å². The highest BCUT2D eigenvalue weighted by molar-refractivity contribution is 6.30. The van der Waals surface area contributed by atoms with Crippen LogP contribution in [0.4, 0.5) is 10.5 Å². The Bertz CT molecular complexity index is 417. The molecule has 0 spiro atoms. The fraction of sp³-hybridized carbons (Fsp3) is 0.385. The molecule has 1 aromatic rings. The Morgan fingerprint density at radius 1 is 1.39 bits per heavy atom. The van der Waals surface area contributed by atoms with E-state index in [1.165, 1.54) is 4.90 Å². The molecule has 0 fully saturated rings. The van der Waals surface area contributed by atoms with Crippen molar-refractivity contribution in [2.45, 2.75) is 26.2 Å². The van der Waals surface area contributed by atoms with Gasteiger partial charge in [0.05, 0.1) is 0 Å². The summed E-state index contributed by atoms with van der Waals surface area (Å²) in [7, 11) is 1.66. The lowest BCUT2D eigenvalue weighted by molar-refractivity contribution is 0.251. The molecule has 0 aliphatic rings. The number of amides is 2. The van der Waals surface area contributed by atoms with Gasteiger partial charge >= 0.3 is 6.03 Å². The first kappa shape index (κ1) is 14.5. The lowest BCUT2D eigenvalue weighted by Gasteiger charge is -2.18. The molecule has 2 amide bonds. The molecule has 5 heteroatoms. The number of amidine groups is 1. The van der Waals surface area contributed by atoms with Crippen LogP contribution in [0.5, 0.6) is 0 Å². The maximum absolute atomic E-state index is 11.8. The number of anilines is 1. The largest absolute Gasteiger partial charge is 0.326 e. The van der Waals surface area contributed by atoms with E-state index in [1.54, 1.807) is 31.3 Å². The van der Waals surface area contributed by atoms with Gasteiger partial charge in [-0.2, -0.15) is 0 Å². The Balaban J connectivity index is 2.56. The van der Waals surface area contributed by atoms with Crippen LogP contribution < -0.4 is 10.2 Å². The molecule has 0 saturated heterocycles. The maximum atomic E-state index is 11.8. The zero-order valence-corrected chi connectivity index (χ0v) is 11.4. The predicted molar refractivity (Wildman–Crippen MR) is 75.6 cm³/mol. The van der Waals surface area contributed by atoms with Crippen molar-refractivity contribution < 1.29 is 4.79 Å². The highest BCUT2D eigenvalue weighted by Gasteiger charge is 2.11. The smallest absolute Gasteiger partial charge is 0.297 e. The van der Waals surface area contributed by atoms with E-state index in [0.29, 0.717) is 11.4 Å². The molecule has 0 atom stereocenters. The third-order valence-electron chi connectivity index (χ3n) is 2.56. The standard InChI is InChI=1S/C13H18ClN3O/c1-3-4-5-12(15)16-13(18)17(2)11-8-6-10(14)7-9-11/h6-9H,3-5H2,1-2H3,(H2,15,16,18). The first-order valence-electron chi connectivity index (χ1n) is 5.92. The van der Waals surface area contributed by atoms with Gasteiger partial charge in [-0.05, 0) is 30.7 Å². The second-order valence-corrected chi connectivity index (χ2v) is 4.48. The molecule has 0 aromatic heterocycles. The van der Waals surface area contributed by atoms with Gasteiger partial charge in [0.25, 0.3) is 0 Å². The topological polar surface area (TPSA) is 56.2 Å². The Labute approximate surface area is 112 Å². The van der Waals surface area contributed by atoms with Crippen LogP contribution in [0, 0.1) is 5.41 Å². The molecule has 1 aromatic carbocycles. The van der Waals surface area contributed by atoms with Crippen LogP contribution in [0.2, 0.25) is 5.02 Å². The minimum absolute atomic E-state index is 0.252. The van der Waals surface area contributed by atoms with E-state index in [1.807, 2.05) is 0 Å². The van der Waals surface area contributed by atoms with E-state index in [-0.39, 0.29) is 11.9 Å². The van der Waals surface area contributed by atoms with Crippen molar-refractivity contribution in [1.82, 2.24) is 5.32 Å². The summed E-state index contributed by atoms with van der Waals surface area (Å²) in [5.41, 5.74) is 0.736. The van der Waals surface area contributed by atoms with Crippen LogP contribution in [0.3, 0.4) is 0 Å². The maximum Gasteiger partial charge on any atom is 0.326 e. The lowest BCUT2D eigenvalue weighted by atomic mass is 10.2. The summed E-state index contributed by atoms with van der Waals surface area (Å²) in [5.74, 6) is 0.252. The van der Waals surface area contributed by atoms with Gasteiger partial charge < -0.3 is 0 Å². The van der Waals surface area contributed by atoms with Crippen LogP contribution in [0.15, 0.2) is 24.3 Å². The van der Waals surface area contributed by atoms with Crippen molar-refractivity contribution in [3.63, 3.8) is 0 Å². The zero-order chi connectivity index (χ0) is 13.5. The van der Waals surface area contributed by atoms with Gasteiger partial charge in [-0.3, -0.25) is 15.6 Å². The number of carbonyl (C=O) groups is 1. The molecule has 1 rings (SSSR count). The Morgan fingerprint density at radius 3 is 2.56 bits per heavy atom. The van der Waals surface area contributed by atoms with E-state index in [0.717, 1.165) is 18.5 Å². The zero-order valence-electron chi connectivity index (χ0n) is 10.7. The summed E-state index contributed by atoms with van der Waals surface area (Å²) in [4.78, 5) is 13.3. The fourth-order valence-electron chi connectivity index (χ4n) is 1.41. The highest BCUT2D eigenvalue weighted by atomic mass is 35.5. The van der Waals surface area contributed by atoms with Crippen molar-refractivity contribution in [3.8, 4) is 0 Å². The van der Waals surface area contributed by atoms with Gasteiger partial charge in [-0.1, -0.05) is 24.9 Å². The minimum atomic E-state index is -0.307. The molecule has 0 aliphatic heterocycles. The summed E-state index contributed by atoms with van der Waals surface area (Å²) < 4.78 is 0. The number of benzene rings is 1. The third-order valence-corrected chi connectivity index (χ3v) is 2.81. The molecular formula is C13H18ClN3O. The summed E-state index contributed by atoms with van der Waals surface area (Å²) in [5, 5.41) is 10.8. The number of nitrogens with zero attached hydrogens (tertiary/aromatic N) is 1. The fourth-order valence-corrected chi connectivity index (χ4v) is 1.54. The SMILES string of the molecule is CCCCC(=N)NC(=O)N(C)c1ccc(Cl)cc1. The molecule has 4 nitrogen and oxygen atoms in total. The molecule has 0 bridgehead atoms. The number of halogens is 1. The molecule has 0 radical (unpaired) electrons. The third kappa shape index (κ3) is 4.37. The van der Waals surface area contributed by atoms with Crippen molar-refractivity contribution in [1.29, 1.82) is 5.41 Å². The number of hydrogen-bond acceptors (Lipinski definition) is 2. The van der Waals surface area contributed by atoms with Crippen LogP contribution in [-0.4, -0.2) is 18.9 Å². The van der Waals surface area contributed by atoms with Crippen molar-refractivity contribution >= 4 is 29.2 Å². The highest BCUT2D eigenvalue weighted by Crippen LogP contribution is 2.16. The van der Waals surface area contributed by atoms with Gasteiger partial charge in [-0.15, -0.1) is 0 Å². The Morgan fingerprint density at radius 2 is 2.00 bits per heavy atom. The predicted octanol–water partition coefficient (Wildman–Crippen LogP) is 3.65. The lowest BCUT2D eigenvalue weighted by Crippen LogP contribution is -2.40. The monoisotopic (exact) mass is 267 g/mol. The molecule has 18 heavy (non-hydrogen) atoms. The van der Waals surface area contributed by atoms with Crippen molar-refractivity contribution in [2.75, 3.05) is 11.9 Å². The minimum Gasteiger partial charge on any atom is -0.297 e. The molecule has 0 aliphatic carbocycles. The summed E-state index contributed by atoms with van der Waals surface area (Å²) in [6, 6.07) is 6.67. The van der Waals surface area contributed by atoms with Gasteiger partial charge in [0.1, 0.15) is 5.84 Å². The van der Waals surface area contributed by atoms with E-state index in [4.69, 9.17) is 17.0 Å². The van der Waals surface area contributed by atoms with Crippen LogP contribution in [-0.2, 0) is 0 Å². The first-order valence-corrected chi connectivity index (χ1v) is 6.30. The molecule has 0 saturated carbocycles. The molecule has 0 heterocycles. The molecule has 0 unspecified atom stereocenters. The number of unbranched alkanes of at least 4 members (excludes halogenated alkanes) is 1. The Kier molecular flexibility index (Phi) is 5.65. The van der Waals surface area contributed by atoms with Gasteiger partial charge in [0, 0.05) is 24.2 Å². The number of hydrogen-bond donors (Lipinski definition) is 2. The van der Waals surface area contributed by atoms with Gasteiger partial charge in [0.15, 0.2) is 0 Å². The average Bonchev–Trinajstić information content (AvgIpc) is 2.36. The normalized spacial score (nSPS) is 9.94. The van der Waals surface area contributed by atoms with E-state index in [2.05, 4.69) is 12.2 Å². The first-order chi connectivity index (χ1) is 8.54. The van der Waals surface area contributed by atoms with Crippen molar-refractivity contribution in [3.05, 3.63) is 29.3 Å². The Hall–Kier alpha value is -1.55. The number of rotatable bonds is 4. The van der Waals surface area contributed by atoms with E-state index in [9.17, 15) is 4.79 Å². The van der Waals surface area contributed by atoms with Crippen LogP contribution in [0.1, 0.15) is 26.2 Å². The molecule has 98 valence electrons.